The van der Waals surface area contributed by atoms with Gasteiger partial charge in [0.05, 0.1) is 5.39 Å². The van der Waals surface area contributed by atoms with E-state index < -0.39 is 19.7 Å². The van der Waals surface area contributed by atoms with Crippen LogP contribution in [0.15, 0.2) is 90.0 Å². The molecule has 0 saturated heterocycles. The molecule has 38 heavy (non-hydrogen) atoms. The van der Waals surface area contributed by atoms with Crippen molar-refractivity contribution in [3.8, 4) is 0 Å². The summed E-state index contributed by atoms with van der Waals surface area (Å²) in [5.74, 6) is -1.21. The van der Waals surface area contributed by atoms with Crippen molar-refractivity contribution in [2.75, 3.05) is 0 Å². The highest BCUT2D eigenvalue weighted by atomic mass is 28.4. The zero-order valence-corrected chi connectivity index (χ0v) is 23.1. The highest BCUT2D eigenvalue weighted by Crippen LogP contribution is 2.40. The second-order valence-corrected chi connectivity index (χ2v) is 15.4. The SMILES string of the molecule is CC(C)(C)[Si](O[C@H]1CC[C@H](n2cc(C(=O)O)c(=O)c3cccnc32)CC1)(c1ccccc1)c1ccccc1. The van der Waals surface area contributed by atoms with Crippen molar-refractivity contribution in [2.24, 2.45) is 0 Å². The summed E-state index contributed by atoms with van der Waals surface area (Å²) in [7, 11) is -2.65. The van der Waals surface area contributed by atoms with E-state index in [2.05, 4.69) is 86.4 Å². The minimum atomic E-state index is -2.65. The van der Waals surface area contributed by atoms with Gasteiger partial charge in [0.15, 0.2) is 0 Å². The molecule has 7 heteroatoms. The minimum absolute atomic E-state index is 0.0464. The summed E-state index contributed by atoms with van der Waals surface area (Å²) in [6, 6.07) is 24.7. The number of aromatic nitrogens is 2. The standard InChI is InChI=1S/C31H34N2O4Si/c1-31(2,3)38(24-11-6-4-7-12-24,25-13-8-5-9-14-25)37-23-18-16-22(17-19-23)33-21-27(30(35)36)28(34)26-15-10-20-32-29(26)33/h4-15,20-23H,16-19H2,1-3H3,(H,35,36)/t22-,23-. The Balaban J connectivity index is 1.48. The van der Waals surface area contributed by atoms with Gasteiger partial charge in [-0.1, -0.05) is 81.4 Å². The number of benzene rings is 2. The van der Waals surface area contributed by atoms with Crippen molar-refractivity contribution < 1.29 is 14.3 Å². The number of rotatable bonds is 6. The van der Waals surface area contributed by atoms with Crippen molar-refractivity contribution in [1.29, 1.82) is 0 Å². The molecule has 1 aliphatic rings. The molecule has 2 heterocycles. The molecule has 5 rings (SSSR count). The van der Waals surface area contributed by atoms with Gasteiger partial charge in [0.25, 0.3) is 8.32 Å². The molecule has 196 valence electrons. The molecule has 2 aromatic carbocycles. The molecule has 4 aromatic rings. The Bertz CT molecular complexity index is 1450. The molecule has 0 aliphatic heterocycles. The van der Waals surface area contributed by atoms with Gasteiger partial charge in [0.1, 0.15) is 11.2 Å². The zero-order valence-electron chi connectivity index (χ0n) is 22.1. The largest absolute Gasteiger partial charge is 0.477 e. The molecule has 0 spiro atoms. The topological polar surface area (TPSA) is 81.4 Å². The van der Waals surface area contributed by atoms with E-state index in [0.29, 0.717) is 11.0 Å². The van der Waals surface area contributed by atoms with E-state index in [0.717, 1.165) is 25.7 Å². The molecule has 0 atom stereocenters. The quantitative estimate of drug-likeness (QED) is 0.351. The van der Waals surface area contributed by atoms with E-state index >= 15 is 0 Å². The van der Waals surface area contributed by atoms with Gasteiger partial charge in [0.2, 0.25) is 5.43 Å². The van der Waals surface area contributed by atoms with E-state index in [1.165, 1.54) is 16.6 Å². The van der Waals surface area contributed by atoms with Gasteiger partial charge in [-0.3, -0.25) is 4.79 Å². The maximum Gasteiger partial charge on any atom is 0.341 e. The highest BCUT2D eigenvalue weighted by Gasteiger charge is 2.51. The maximum absolute atomic E-state index is 12.7. The lowest BCUT2D eigenvalue weighted by molar-refractivity contribution is 0.0694. The smallest absolute Gasteiger partial charge is 0.341 e. The Morgan fingerprint density at radius 1 is 0.921 bits per heavy atom. The summed E-state index contributed by atoms with van der Waals surface area (Å²) in [6.45, 7) is 6.86. The minimum Gasteiger partial charge on any atom is -0.477 e. The Kier molecular flexibility index (Phi) is 7.07. The van der Waals surface area contributed by atoms with E-state index in [1.807, 2.05) is 4.57 Å². The van der Waals surface area contributed by atoms with E-state index in [-0.39, 0.29) is 22.7 Å². The van der Waals surface area contributed by atoms with Gasteiger partial charge >= 0.3 is 5.97 Å². The highest BCUT2D eigenvalue weighted by molar-refractivity contribution is 6.99. The number of carboxylic acid groups (broad SMARTS) is 1. The van der Waals surface area contributed by atoms with Crippen LogP contribution in [0.25, 0.3) is 11.0 Å². The molecule has 1 fully saturated rings. The van der Waals surface area contributed by atoms with Crippen molar-refractivity contribution in [1.82, 2.24) is 9.55 Å². The number of fused-ring (bicyclic) bond motifs is 1. The van der Waals surface area contributed by atoms with Gasteiger partial charge in [-0.25, -0.2) is 9.78 Å². The number of carbonyl (C=O) groups is 1. The molecule has 1 N–H and O–H groups in total. The fourth-order valence-electron chi connectivity index (χ4n) is 6.00. The van der Waals surface area contributed by atoms with E-state index in [4.69, 9.17) is 4.43 Å². The fraction of sp³-hybridized carbons (Fsp3) is 0.323. The first-order valence-corrected chi connectivity index (χ1v) is 15.2. The molecule has 0 amide bonds. The number of aromatic carboxylic acids is 1. The Morgan fingerprint density at radius 3 is 2.03 bits per heavy atom. The van der Waals surface area contributed by atoms with Crippen molar-refractivity contribution in [2.45, 2.75) is 63.6 Å². The normalized spacial score (nSPS) is 18.4. The van der Waals surface area contributed by atoms with Crippen LogP contribution in [-0.2, 0) is 4.43 Å². The molecular formula is C31H34N2O4Si. The number of hydrogen-bond donors (Lipinski definition) is 1. The third-order valence-corrected chi connectivity index (χ3v) is 12.9. The third kappa shape index (κ3) is 4.61. The summed E-state index contributed by atoms with van der Waals surface area (Å²) < 4.78 is 9.24. The van der Waals surface area contributed by atoms with Crippen LogP contribution in [0.3, 0.4) is 0 Å². The molecule has 6 nitrogen and oxygen atoms in total. The Morgan fingerprint density at radius 2 is 1.50 bits per heavy atom. The lowest BCUT2D eigenvalue weighted by Crippen LogP contribution is -2.67. The van der Waals surface area contributed by atoms with Crippen LogP contribution in [0.1, 0.15) is 62.9 Å². The van der Waals surface area contributed by atoms with E-state index in [1.54, 1.807) is 18.3 Å². The number of hydrogen-bond acceptors (Lipinski definition) is 4. The first-order valence-electron chi connectivity index (χ1n) is 13.2. The molecule has 1 saturated carbocycles. The van der Waals surface area contributed by atoms with Crippen LogP contribution < -0.4 is 15.8 Å². The van der Waals surface area contributed by atoms with Crippen LogP contribution in [0.5, 0.6) is 0 Å². The van der Waals surface area contributed by atoms with Crippen molar-refractivity contribution in [3.05, 3.63) is 101 Å². The molecular weight excluding hydrogens is 492 g/mol. The van der Waals surface area contributed by atoms with Crippen LogP contribution in [0.4, 0.5) is 0 Å². The number of nitrogens with zero attached hydrogens (tertiary/aromatic N) is 2. The number of pyridine rings is 2. The number of carboxylic acids is 1. The average molecular weight is 527 g/mol. The summed E-state index contributed by atoms with van der Waals surface area (Å²) in [4.78, 5) is 29.0. The fourth-order valence-corrected chi connectivity index (χ4v) is 10.7. The molecule has 0 unspecified atom stereocenters. The second-order valence-electron chi connectivity index (χ2n) is 11.2. The van der Waals surface area contributed by atoms with Gasteiger partial charge < -0.3 is 14.1 Å². The second kappa shape index (κ2) is 10.3. The lowest BCUT2D eigenvalue weighted by atomic mass is 9.92. The summed E-state index contributed by atoms with van der Waals surface area (Å²) in [6.07, 6.45) is 6.53. The van der Waals surface area contributed by atoms with Crippen LogP contribution >= 0.6 is 0 Å². The predicted molar refractivity (Wildman–Crippen MR) is 153 cm³/mol. The third-order valence-electron chi connectivity index (χ3n) is 7.82. The van der Waals surface area contributed by atoms with Crippen LogP contribution in [0.2, 0.25) is 5.04 Å². The van der Waals surface area contributed by atoms with Gasteiger partial charge in [-0.05, 0) is 53.2 Å². The predicted octanol–water partition coefficient (Wildman–Crippen LogP) is 5.16. The van der Waals surface area contributed by atoms with Crippen LogP contribution in [0, 0.1) is 0 Å². The first kappa shape index (κ1) is 26.1. The summed E-state index contributed by atoms with van der Waals surface area (Å²) in [5, 5.41) is 12.4. The monoisotopic (exact) mass is 526 g/mol. The Hall–Kier alpha value is -3.55. The lowest BCUT2D eigenvalue weighted by Gasteiger charge is -2.46. The molecule has 0 bridgehead atoms. The van der Waals surface area contributed by atoms with Crippen LogP contribution in [-0.4, -0.2) is 35.0 Å². The summed E-state index contributed by atoms with van der Waals surface area (Å²) >= 11 is 0. The molecule has 1 aliphatic carbocycles. The Labute approximate surface area is 224 Å². The van der Waals surface area contributed by atoms with Crippen molar-refractivity contribution >= 4 is 35.7 Å². The van der Waals surface area contributed by atoms with Gasteiger partial charge in [-0.2, -0.15) is 0 Å². The zero-order chi connectivity index (χ0) is 26.9. The molecule has 0 radical (unpaired) electrons. The van der Waals surface area contributed by atoms with Gasteiger partial charge in [0, 0.05) is 24.5 Å². The summed E-state index contributed by atoms with van der Waals surface area (Å²) in [5.41, 5.74) is -0.157. The van der Waals surface area contributed by atoms with E-state index in [9.17, 15) is 14.7 Å². The maximum atomic E-state index is 12.7. The average Bonchev–Trinajstić information content (AvgIpc) is 2.92. The first-order chi connectivity index (χ1) is 18.2. The molecule has 2 aromatic heterocycles. The van der Waals surface area contributed by atoms with Crippen molar-refractivity contribution in [3.63, 3.8) is 0 Å². The van der Waals surface area contributed by atoms with Gasteiger partial charge in [-0.15, -0.1) is 0 Å².